The van der Waals surface area contributed by atoms with E-state index in [0.29, 0.717) is 24.1 Å². The van der Waals surface area contributed by atoms with Gasteiger partial charge in [0.25, 0.3) is 5.91 Å². The van der Waals surface area contributed by atoms with Crippen LogP contribution in [0.15, 0.2) is 78.9 Å². The van der Waals surface area contributed by atoms with Gasteiger partial charge in [0.15, 0.2) is 0 Å². The Labute approximate surface area is 183 Å². The average Bonchev–Trinajstić information content (AvgIpc) is 3.73. The van der Waals surface area contributed by atoms with Crippen molar-refractivity contribution in [3.8, 4) is 5.75 Å². The highest BCUT2D eigenvalue weighted by molar-refractivity contribution is 6.04. The molecule has 0 aromatic heterocycles. The molecule has 2 saturated carbocycles. The molecule has 0 aliphatic heterocycles. The summed E-state index contributed by atoms with van der Waals surface area (Å²) < 4.78 is 5.79. The van der Waals surface area contributed by atoms with Crippen LogP contribution < -0.4 is 15.4 Å². The maximum atomic E-state index is 12.6. The van der Waals surface area contributed by atoms with Crippen LogP contribution in [-0.2, 0) is 6.61 Å². The molecule has 3 aromatic rings. The number of rotatable bonds is 9. The fourth-order valence-electron chi connectivity index (χ4n) is 3.89. The molecule has 2 aliphatic rings. The second-order valence-corrected chi connectivity index (χ2v) is 8.68. The van der Waals surface area contributed by atoms with Crippen LogP contribution in [0.4, 0.5) is 5.69 Å². The molecule has 0 bridgehead atoms. The summed E-state index contributed by atoms with van der Waals surface area (Å²) in [6, 6.07) is 26.2. The summed E-state index contributed by atoms with van der Waals surface area (Å²) in [4.78, 5) is 12.6. The Morgan fingerprint density at radius 1 is 0.903 bits per heavy atom. The van der Waals surface area contributed by atoms with Gasteiger partial charge in [0.2, 0.25) is 0 Å². The van der Waals surface area contributed by atoms with Gasteiger partial charge in [0, 0.05) is 23.2 Å². The molecule has 0 saturated heterocycles. The van der Waals surface area contributed by atoms with Crippen molar-refractivity contribution in [2.45, 2.75) is 37.8 Å². The van der Waals surface area contributed by atoms with Crippen LogP contribution in [0.5, 0.6) is 5.75 Å². The van der Waals surface area contributed by atoms with Gasteiger partial charge in [-0.1, -0.05) is 42.5 Å². The molecule has 2 unspecified atom stereocenters. The highest BCUT2D eigenvalue weighted by Crippen LogP contribution is 2.41. The van der Waals surface area contributed by atoms with Gasteiger partial charge in [-0.25, -0.2) is 0 Å². The minimum atomic E-state index is -0.113. The van der Waals surface area contributed by atoms with Gasteiger partial charge in [-0.15, -0.1) is 0 Å². The van der Waals surface area contributed by atoms with Gasteiger partial charge in [0.05, 0.1) is 0 Å². The summed E-state index contributed by atoms with van der Waals surface area (Å²) in [6.45, 7) is 1.68. The van der Waals surface area contributed by atoms with Crippen molar-refractivity contribution in [2.75, 3.05) is 11.9 Å². The van der Waals surface area contributed by atoms with E-state index in [1.165, 1.54) is 31.4 Å². The largest absolute Gasteiger partial charge is 0.489 e. The third-order valence-electron chi connectivity index (χ3n) is 6.12. The normalized spacial score (nSPS) is 19.6. The summed E-state index contributed by atoms with van der Waals surface area (Å²) in [5.74, 6) is 2.17. The summed E-state index contributed by atoms with van der Waals surface area (Å²) in [6.07, 6.45) is 4.00. The molecule has 2 aliphatic carbocycles. The number of benzene rings is 3. The average molecular weight is 413 g/mol. The molecule has 2 atom stereocenters. The quantitative estimate of drug-likeness (QED) is 0.497. The third kappa shape index (κ3) is 5.33. The van der Waals surface area contributed by atoms with Crippen LogP contribution in [0.2, 0.25) is 0 Å². The van der Waals surface area contributed by atoms with Crippen molar-refractivity contribution < 1.29 is 9.53 Å². The molecule has 2 fully saturated rings. The van der Waals surface area contributed by atoms with E-state index < -0.39 is 0 Å². The van der Waals surface area contributed by atoms with Gasteiger partial charge >= 0.3 is 0 Å². The fourth-order valence-corrected chi connectivity index (χ4v) is 3.89. The van der Waals surface area contributed by atoms with Crippen LogP contribution in [0.25, 0.3) is 0 Å². The zero-order valence-electron chi connectivity index (χ0n) is 17.6. The lowest BCUT2D eigenvalue weighted by Crippen LogP contribution is -2.20. The van der Waals surface area contributed by atoms with E-state index >= 15 is 0 Å². The van der Waals surface area contributed by atoms with E-state index in [4.69, 9.17) is 4.74 Å². The molecule has 5 rings (SSSR count). The first kappa shape index (κ1) is 19.8. The van der Waals surface area contributed by atoms with E-state index in [1.54, 1.807) is 12.1 Å². The predicted molar refractivity (Wildman–Crippen MR) is 123 cm³/mol. The number of ether oxygens (including phenoxy) is 1. The molecule has 31 heavy (non-hydrogen) atoms. The smallest absolute Gasteiger partial charge is 0.255 e. The van der Waals surface area contributed by atoms with Crippen molar-refractivity contribution in [2.24, 2.45) is 5.92 Å². The van der Waals surface area contributed by atoms with Crippen molar-refractivity contribution in [3.05, 3.63) is 95.6 Å². The molecule has 1 amide bonds. The Hall–Kier alpha value is -3.11. The summed E-state index contributed by atoms with van der Waals surface area (Å²) in [5, 5.41) is 6.66. The topological polar surface area (TPSA) is 50.4 Å². The van der Waals surface area contributed by atoms with Gasteiger partial charge in [-0.05, 0) is 79.3 Å². The Balaban J connectivity index is 1.11. The first-order valence-electron chi connectivity index (χ1n) is 11.2. The maximum absolute atomic E-state index is 12.6. The Kier molecular flexibility index (Phi) is 5.72. The lowest BCUT2D eigenvalue weighted by atomic mass is 10.1. The van der Waals surface area contributed by atoms with E-state index in [-0.39, 0.29) is 5.91 Å². The molecule has 158 valence electrons. The molecule has 4 heteroatoms. The second kappa shape index (κ2) is 8.94. The second-order valence-electron chi connectivity index (χ2n) is 8.68. The van der Waals surface area contributed by atoms with Crippen molar-refractivity contribution >= 4 is 11.6 Å². The van der Waals surface area contributed by atoms with Crippen LogP contribution in [-0.4, -0.2) is 18.5 Å². The van der Waals surface area contributed by atoms with Gasteiger partial charge in [-0.3, -0.25) is 4.79 Å². The summed E-state index contributed by atoms with van der Waals surface area (Å²) in [5.41, 5.74) is 3.90. The van der Waals surface area contributed by atoms with Gasteiger partial charge in [0.1, 0.15) is 12.4 Å². The first-order chi connectivity index (χ1) is 15.2. The number of carbonyl (C=O) groups is 1. The van der Waals surface area contributed by atoms with Crippen LogP contribution in [0, 0.1) is 5.92 Å². The van der Waals surface area contributed by atoms with Crippen molar-refractivity contribution in [1.82, 2.24) is 5.32 Å². The Morgan fingerprint density at radius 3 is 2.35 bits per heavy atom. The zero-order chi connectivity index (χ0) is 21.0. The molecular formula is C27H28N2O2. The van der Waals surface area contributed by atoms with E-state index in [9.17, 15) is 4.79 Å². The maximum Gasteiger partial charge on any atom is 0.255 e. The number of carbonyl (C=O) groups excluding carboxylic acids is 1. The van der Waals surface area contributed by atoms with Crippen molar-refractivity contribution in [3.63, 3.8) is 0 Å². The summed E-state index contributed by atoms with van der Waals surface area (Å²) >= 11 is 0. The standard InChI is InChI=1S/C27H28N2O2/c30-27(22-10-14-24(15-11-22)31-18-20-4-2-1-3-5-20)29-23-12-8-21(9-13-23)25-16-26(25)28-17-19-6-7-19/h1-5,8-15,19,25-26,28H,6-7,16-18H2,(H,29,30). The van der Waals surface area contributed by atoms with Gasteiger partial charge in [-0.2, -0.15) is 0 Å². The fraction of sp³-hybridized carbons (Fsp3) is 0.296. The van der Waals surface area contributed by atoms with Crippen LogP contribution in [0.1, 0.15) is 46.7 Å². The molecule has 3 aromatic carbocycles. The number of anilines is 1. The molecule has 4 nitrogen and oxygen atoms in total. The number of hydrogen-bond donors (Lipinski definition) is 2. The summed E-state index contributed by atoms with van der Waals surface area (Å²) in [7, 11) is 0. The lowest BCUT2D eigenvalue weighted by Gasteiger charge is -2.09. The first-order valence-corrected chi connectivity index (χ1v) is 11.2. The van der Waals surface area contributed by atoms with E-state index in [1.807, 2.05) is 54.6 Å². The molecule has 0 radical (unpaired) electrons. The Bertz CT molecular complexity index is 1010. The van der Waals surface area contributed by atoms with Gasteiger partial charge < -0.3 is 15.4 Å². The minimum Gasteiger partial charge on any atom is -0.489 e. The lowest BCUT2D eigenvalue weighted by molar-refractivity contribution is 0.102. The molecule has 2 N–H and O–H groups in total. The predicted octanol–water partition coefficient (Wildman–Crippen LogP) is 5.37. The molecule has 0 spiro atoms. The van der Waals surface area contributed by atoms with Crippen LogP contribution >= 0.6 is 0 Å². The molecule has 0 heterocycles. The number of amides is 1. The number of nitrogens with one attached hydrogen (secondary N) is 2. The van der Waals surface area contributed by atoms with E-state index in [2.05, 4.69) is 22.8 Å². The monoisotopic (exact) mass is 412 g/mol. The Morgan fingerprint density at radius 2 is 1.65 bits per heavy atom. The highest BCUT2D eigenvalue weighted by atomic mass is 16.5. The highest BCUT2D eigenvalue weighted by Gasteiger charge is 2.38. The SMILES string of the molecule is O=C(Nc1ccc(C2CC2NCC2CC2)cc1)c1ccc(OCc2ccccc2)cc1. The third-order valence-corrected chi connectivity index (χ3v) is 6.12. The number of hydrogen-bond acceptors (Lipinski definition) is 3. The zero-order valence-corrected chi connectivity index (χ0v) is 17.6. The van der Waals surface area contributed by atoms with Crippen LogP contribution in [0.3, 0.4) is 0 Å². The molecular weight excluding hydrogens is 384 g/mol. The van der Waals surface area contributed by atoms with Crippen molar-refractivity contribution in [1.29, 1.82) is 0 Å². The van der Waals surface area contributed by atoms with E-state index in [0.717, 1.165) is 22.9 Å². The minimum absolute atomic E-state index is 0.113.